The van der Waals surface area contributed by atoms with Gasteiger partial charge in [0.2, 0.25) is 0 Å². The van der Waals surface area contributed by atoms with Gasteiger partial charge < -0.3 is 0 Å². The fraction of sp³-hybridized carbons (Fsp3) is 0.200. The molecule has 1 aromatic carbocycles. The summed E-state index contributed by atoms with van der Waals surface area (Å²) in [6, 6.07) is 8.56. The van der Waals surface area contributed by atoms with Crippen molar-refractivity contribution in [2.24, 2.45) is 0 Å². The molecule has 0 N–H and O–H groups in total. The Balaban J connectivity index is 0.000000605. The Labute approximate surface area is 79.5 Å². The minimum atomic E-state index is 0. The van der Waals surface area contributed by atoms with Crippen LogP contribution >= 0.6 is 0 Å². The average molecular weight is 138 g/mol. The molecule has 1 aromatic rings. The predicted octanol–water partition coefficient (Wildman–Crippen LogP) is 2.00. The summed E-state index contributed by atoms with van der Waals surface area (Å²) in [5, 5.41) is 0. The standard InChI is InChI=1S/C10H10.Li.H/c1-8-6-9-4-2-3-5-10(9)7-8;;/h2-6H,7H2,1H3;;. The summed E-state index contributed by atoms with van der Waals surface area (Å²) in [7, 11) is 0. The van der Waals surface area contributed by atoms with Gasteiger partial charge in [-0.1, -0.05) is 35.9 Å². The van der Waals surface area contributed by atoms with Crippen molar-refractivity contribution in [3.63, 3.8) is 0 Å². The first-order valence-corrected chi connectivity index (χ1v) is 3.61. The van der Waals surface area contributed by atoms with E-state index in [1.54, 1.807) is 0 Å². The monoisotopic (exact) mass is 138 g/mol. The molecule has 1 aliphatic carbocycles. The second-order valence-electron chi connectivity index (χ2n) is 2.87. The van der Waals surface area contributed by atoms with Crippen LogP contribution in [-0.2, 0) is 6.42 Å². The van der Waals surface area contributed by atoms with Crippen LogP contribution in [0.25, 0.3) is 6.08 Å². The van der Waals surface area contributed by atoms with Crippen LogP contribution in [0, 0.1) is 0 Å². The van der Waals surface area contributed by atoms with E-state index in [0.29, 0.717) is 0 Å². The molecule has 1 aliphatic rings. The number of hydrogen-bond donors (Lipinski definition) is 0. The first-order chi connectivity index (χ1) is 4.86. The first-order valence-electron chi connectivity index (χ1n) is 3.61. The SMILES string of the molecule is CC1=Cc2ccccc2C1.[LiH]. The Bertz CT molecular complexity index is 287. The summed E-state index contributed by atoms with van der Waals surface area (Å²) >= 11 is 0. The van der Waals surface area contributed by atoms with Crippen molar-refractivity contribution in [3.8, 4) is 0 Å². The zero-order chi connectivity index (χ0) is 6.97. The Kier molecular flexibility index (Phi) is 2.60. The number of rotatable bonds is 0. The van der Waals surface area contributed by atoms with Crippen LogP contribution in [0.1, 0.15) is 18.1 Å². The van der Waals surface area contributed by atoms with E-state index in [1.807, 2.05) is 0 Å². The molecule has 1 heteroatoms. The maximum atomic E-state index is 2.26. The molecule has 0 spiro atoms. The molecule has 0 atom stereocenters. The second-order valence-corrected chi connectivity index (χ2v) is 2.87. The van der Waals surface area contributed by atoms with E-state index in [2.05, 4.69) is 37.3 Å². The third kappa shape index (κ3) is 1.59. The molecule has 0 radical (unpaired) electrons. The van der Waals surface area contributed by atoms with Gasteiger partial charge in [-0.15, -0.1) is 0 Å². The van der Waals surface area contributed by atoms with Gasteiger partial charge >= 0.3 is 18.9 Å². The van der Waals surface area contributed by atoms with Crippen molar-refractivity contribution in [1.29, 1.82) is 0 Å². The molecule has 0 amide bonds. The molecule has 0 nitrogen and oxygen atoms in total. The average Bonchev–Trinajstić information content (AvgIpc) is 2.27. The van der Waals surface area contributed by atoms with Crippen LogP contribution in [0.4, 0.5) is 0 Å². The second kappa shape index (κ2) is 3.30. The Hall–Kier alpha value is -0.443. The molecule has 0 fully saturated rings. The molecule has 0 aromatic heterocycles. The quantitative estimate of drug-likeness (QED) is 0.481. The van der Waals surface area contributed by atoms with Gasteiger partial charge in [0, 0.05) is 0 Å². The van der Waals surface area contributed by atoms with Gasteiger partial charge in [0.15, 0.2) is 0 Å². The Morgan fingerprint density at radius 2 is 1.91 bits per heavy atom. The van der Waals surface area contributed by atoms with Crippen LogP contribution in [0.15, 0.2) is 29.8 Å². The molecule has 0 aliphatic heterocycles. The molecule has 0 heterocycles. The number of benzene rings is 1. The summed E-state index contributed by atoms with van der Waals surface area (Å²) in [5.74, 6) is 0. The third-order valence-corrected chi connectivity index (χ3v) is 1.93. The molecule has 0 unspecified atom stereocenters. The zero-order valence-electron chi connectivity index (χ0n) is 6.09. The summed E-state index contributed by atoms with van der Waals surface area (Å²) in [5.41, 5.74) is 4.35. The van der Waals surface area contributed by atoms with Crippen molar-refractivity contribution in [3.05, 3.63) is 41.0 Å². The normalized spacial score (nSPS) is 13.4. The van der Waals surface area contributed by atoms with E-state index in [4.69, 9.17) is 0 Å². The number of hydrogen-bond acceptors (Lipinski definition) is 0. The predicted molar refractivity (Wildman–Crippen MR) is 50.9 cm³/mol. The van der Waals surface area contributed by atoms with Gasteiger partial charge in [0.1, 0.15) is 0 Å². The molecule has 2 rings (SSSR count). The summed E-state index contributed by atoms with van der Waals surface area (Å²) in [6.45, 7) is 2.18. The van der Waals surface area contributed by atoms with Gasteiger partial charge in [-0.3, -0.25) is 0 Å². The summed E-state index contributed by atoms with van der Waals surface area (Å²) < 4.78 is 0. The molecular weight excluding hydrogens is 127 g/mol. The van der Waals surface area contributed by atoms with Crippen molar-refractivity contribution in [2.75, 3.05) is 0 Å². The van der Waals surface area contributed by atoms with Gasteiger partial charge in [0.25, 0.3) is 0 Å². The first kappa shape index (κ1) is 8.65. The fourth-order valence-electron chi connectivity index (χ4n) is 1.45. The molecule has 52 valence electrons. The molecule has 0 bridgehead atoms. The molecule has 11 heavy (non-hydrogen) atoms. The van der Waals surface area contributed by atoms with E-state index in [9.17, 15) is 0 Å². The van der Waals surface area contributed by atoms with Crippen LogP contribution in [0.3, 0.4) is 0 Å². The Morgan fingerprint density at radius 3 is 2.64 bits per heavy atom. The van der Waals surface area contributed by atoms with Crippen molar-refractivity contribution in [1.82, 2.24) is 0 Å². The summed E-state index contributed by atoms with van der Waals surface area (Å²) in [4.78, 5) is 0. The van der Waals surface area contributed by atoms with E-state index >= 15 is 0 Å². The molecular formula is C10H11Li. The van der Waals surface area contributed by atoms with Gasteiger partial charge in [-0.25, -0.2) is 0 Å². The topological polar surface area (TPSA) is 0 Å². The van der Waals surface area contributed by atoms with Crippen molar-refractivity contribution in [2.45, 2.75) is 13.3 Å². The fourth-order valence-corrected chi connectivity index (χ4v) is 1.45. The van der Waals surface area contributed by atoms with Crippen LogP contribution in [0.2, 0.25) is 0 Å². The van der Waals surface area contributed by atoms with Gasteiger partial charge in [-0.05, 0) is 24.5 Å². The number of fused-ring (bicyclic) bond motifs is 1. The van der Waals surface area contributed by atoms with Crippen LogP contribution < -0.4 is 0 Å². The molecule has 0 saturated carbocycles. The van der Waals surface area contributed by atoms with Crippen LogP contribution in [0.5, 0.6) is 0 Å². The zero-order valence-corrected chi connectivity index (χ0v) is 6.09. The van der Waals surface area contributed by atoms with E-state index in [0.717, 1.165) is 6.42 Å². The Morgan fingerprint density at radius 1 is 1.18 bits per heavy atom. The van der Waals surface area contributed by atoms with Gasteiger partial charge in [-0.2, -0.15) is 0 Å². The maximum absolute atomic E-state index is 2.26. The van der Waals surface area contributed by atoms with Crippen molar-refractivity contribution < 1.29 is 0 Å². The molecule has 0 saturated heterocycles. The third-order valence-electron chi connectivity index (χ3n) is 1.93. The van der Waals surface area contributed by atoms with E-state index in [-0.39, 0.29) is 18.9 Å². The summed E-state index contributed by atoms with van der Waals surface area (Å²) in [6.07, 6.45) is 3.41. The number of allylic oxidation sites excluding steroid dienone is 1. The van der Waals surface area contributed by atoms with Crippen molar-refractivity contribution >= 4 is 24.9 Å². The van der Waals surface area contributed by atoms with Gasteiger partial charge in [0.05, 0.1) is 0 Å². The van der Waals surface area contributed by atoms with E-state index < -0.39 is 0 Å². The minimum absolute atomic E-state index is 0. The van der Waals surface area contributed by atoms with E-state index in [1.165, 1.54) is 16.7 Å². The van der Waals surface area contributed by atoms with Crippen LogP contribution in [-0.4, -0.2) is 18.9 Å².